The molecular formula is C7H5F7O2. The lowest BCUT2D eigenvalue weighted by Crippen LogP contribution is -2.33. The highest BCUT2D eigenvalue weighted by molar-refractivity contribution is 5.90. The van der Waals surface area contributed by atoms with Crippen LogP contribution < -0.4 is 0 Å². The maximum atomic E-state index is 12.6. The van der Waals surface area contributed by atoms with Crippen molar-refractivity contribution < 1.29 is 40.3 Å². The van der Waals surface area contributed by atoms with E-state index in [9.17, 15) is 35.5 Å². The van der Waals surface area contributed by atoms with Crippen molar-refractivity contribution in [3.63, 3.8) is 0 Å². The summed E-state index contributed by atoms with van der Waals surface area (Å²) in [5.74, 6) is -6.06. The van der Waals surface area contributed by atoms with Crippen LogP contribution in [0, 0.1) is 0 Å². The van der Waals surface area contributed by atoms with Crippen molar-refractivity contribution in [1.29, 1.82) is 0 Å². The first-order valence-electron chi connectivity index (χ1n) is 3.62. The lowest BCUT2D eigenvalue weighted by molar-refractivity contribution is -0.185. The summed E-state index contributed by atoms with van der Waals surface area (Å²) < 4.78 is 86.8. The van der Waals surface area contributed by atoms with Crippen LogP contribution in [-0.4, -0.2) is 24.7 Å². The van der Waals surface area contributed by atoms with Gasteiger partial charge in [-0.1, -0.05) is 0 Å². The molecule has 0 fully saturated rings. The van der Waals surface area contributed by atoms with Crippen LogP contribution in [0.1, 0.15) is 6.92 Å². The molecule has 16 heavy (non-hydrogen) atoms. The molecule has 0 bridgehead atoms. The molecule has 9 heteroatoms. The highest BCUT2D eigenvalue weighted by Crippen LogP contribution is 2.31. The Labute approximate surface area is 84.7 Å². The first-order chi connectivity index (χ1) is 7.01. The zero-order chi connectivity index (χ0) is 13.1. The molecule has 0 N–H and O–H groups in total. The fraction of sp³-hybridized carbons (Fsp3) is 0.571. The second-order valence-corrected chi connectivity index (χ2v) is 2.76. The van der Waals surface area contributed by atoms with Crippen molar-refractivity contribution >= 4 is 5.97 Å². The predicted octanol–water partition coefficient (Wildman–Crippen LogP) is 2.90. The fourth-order valence-electron chi connectivity index (χ4n) is 0.572. The van der Waals surface area contributed by atoms with Crippen molar-refractivity contribution in [3.05, 3.63) is 11.7 Å². The second kappa shape index (κ2) is 4.71. The minimum atomic E-state index is -5.71. The third kappa shape index (κ3) is 4.07. The van der Waals surface area contributed by atoms with Gasteiger partial charge in [0, 0.05) is 6.92 Å². The van der Waals surface area contributed by atoms with Gasteiger partial charge in [0.2, 0.25) is 5.57 Å². The highest BCUT2D eigenvalue weighted by atomic mass is 19.4. The number of ether oxygens (including phenoxy) is 1. The SMILES string of the molecule is CC(F)(CF)OC(=O)C(=C(F)F)C(F)(F)F. The Balaban J connectivity index is 5.04. The third-order valence-electron chi connectivity index (χ3n) is 1.22. The zero-order valence-corrected chi connectivity index (χ0v) is 7.67. The van der Waals surface area contributed by atoms with E-state index in [1.165, 1.54) is 0 Å². The number of carbonyl (C=O) groups is 1. The summed E-state index contributed by atoms with van der Waals surface area (Å²) in [4.78, 5) is 10.5. The van der Waals surface area contributed by atoms with Gasteiger partial charge in [-0.25, -0.2) is 9.18 Å². The Kier molecular flexibility index (Phi) is 4.33. The van der Waals surface area contributed by atoms with Crippen LogP contribution in [0.5, 0.6) is 0 Å². The molecule has 1 atom stereocenters. The van der Waals surface area contributed by atoms with Crippen LogP contribution in [-0.2, 0) is 9.53 Å². The van der Waals surface area contributed by atoms with Crippen molar-refractivity contribution in [1.82, 2.24) is 0 Å². The van der Waals surface area contributed by atoms with Gasteiger partial charge < -0.3 is 4.74 Å². The summed E-state index contributed by atoms with van der Waals surface area (Å²) in [5.41, 5.74) is -2.95. The molecule has 0 aromatic heterocycles. The average Bonchev–Trinajstić information content (AvgIpc) is 1.99. The van der Waals surface area contributed by atoms with E-state index in [4.69, 9.17) is 0 Å². The van der Waals surface area contributed by atoms with Crippen molar-refractivity contribution in [2.24, 2.45) is 0 Å². The molecule has 0 aromatic carbocycles. The molecule has 94 valence electrons. The van der Waals surface area contributed by atoms with E-state index in [1.807, 2.05) is 0 Å². The minimum Gasteiger partial charge on any atom is -0.422 e. The molecule has 0 saturated carbocycles. The van der Waals surface area contributed by atoms with E-state index in [1.54, 1.807) is 0 Å². The molecule has 0 amide bonds. The summed E-state index contributed by atoms with van der Waals surface area (Å²) >= 11 is 0. The Morgan fingerprint density at radius 1 is 1.19 bits per heavy atom. The molecule has 0 aliphatic carbocycles. The van der Waals surface area contributed by atoms with Gasteiger partial charge in [-0.3, -0.25) is 0 Å². The summed E-state index contributed by atoms with van der Waals surface area (Å²) in [7, 11) is 0. The normalized spacial score (nSPS) is 15.2. The summed E-state index contributed by atoms with van der Waals surface area (Å²) in [6.45, 7) is -1.67. The minimum absolute atomic E-state index is 0.287. The van der Waals surface area contributed by atoms with E-state index in [0.717, 1.165) is 0 Å². The van der Waals surface area contributed by atoms with Crippen molar-refractivity contribution in [2.75, 3.05) is 6.67 Å². The second-order valence-electron chi connectivity index (χ2n) is 2.76. The van der Waals surface area contributed by atoms with E-state index >= 15 is 0 Å². The lowest BCUT2D eigenvalue weighted by atomic mass is 10.3. The van der Waals surface area contributed by atoms with Crippen LogP contribution in [0.15, 0.2) is 11.7 Å². The predicted molar refractivity (Wildman–Crippen MR) is 36.9 cm³/mol. The fourth-order valence-corrected chi connectivity index (χ4v) is 0.572. The first kappa shape index (κ1) is 14.7. The number of rotatable bonds is 3. The number of halogens is 7. The molecular weight excluding hydrogens is 249 g/mol. The molecule has 0 aliphatic heterocycles. The van der Waals surface area contributed by atoms with Gasteiger partial charge in [-0.05, 0) is 0 Å². The van der Waals surface area contributed by atoms with E-state index in [-0.39, 0.29) is 6.92 Å². The van der Waals surface area contributed by atoms with E-state index in [2.05, 4.69) is 4.74 Å². The Morgan fingerprint density at radius 2 is 1.62 bits per heavy atom. The van der Waals surface area contributed by atoms with Gasteiger partial charge in [0.05, 0.1) is 0 Å². The molecule has 0 heterocycles. The zero-order valence-electron chi connectivity index (χ0n) is 7.67. The number of carbonyl (C=O) groups excluding carboxylic acids is 1. The standard InChI is InChI=1S/C7H5F7O2/c1-6(11,2-8)16-5(15)3(4(9)10)7(12,13)14/h2H2,1H3. The maximum absolute atomic E-state index is 12.6. The molecule has 0 radical (unpaired) electrons. The van der Waals surface area contributed by atoms with Crippen LogP contribution in [0.2, 0.25) is 0 Å². The summed E-state index contributed by atoms with van der Waals surface area (Å²) in [6.07, 6.45) is -9.09. The summed E-state index contributed by atoms with van der Waals surface area (Å²) in [5, 5.41) is 0. The maximum Gasteiger partial charge on any atom is 0.428 e. The Morgan fingerprint density at radius 3 is 1.88 bits per heavy atom. The van der Waals surface area contributed by atoms with Crippen LogP contribution in [0.25, 0.3) is 0 Å². The van der Waals surface area contributed by atoms with Gasteiger partial charge in [-0.15, -0.1) is 0 Å². The van der Waals surface area contributed by atoms with Gasteiger partial charge in [0.15, 0.2) is 6.67 Å². The monoisotopic (exact) mass is 254 g/mol. The third-order valence-corrected chi connectivity index (χ3v) is 1.22. The number of alkyl halides is 5. The van der Waals surface area contributed by atoms with Crippen LogP contribution in [0.4, 0.5) is 30.7 Å². The van der Waals surface area contributed by atoms with Crippen LogP contribution in [0.3, 0.4) is 0 Å². The molecule has 0 aromatic rings. The quantitative estimate of drug-likeness (QED) is 0.439. The van der Waals surface area contributed by atoms with Gasteiger partial charge in [0.1, 0.15) is 0 Å². The number of hydrogen-bond acceptors (Lipinski definition) is 2. The smallest absolute Gasteiger partial charge is 0.422 e. The largest absolute Gasteiger partial charge is 0.428 e. The van der Waals surface area contributed by atoms with Crippen molar-refractivity contribution in [3.8, 4) is 0 Å². The van der Waals surface area contributed by atoms with Crippen molar-refractivity contribution in [2.45, 2.75) is 19.0 Å². The Hall–Kier alpha value is -1.28. The van der Waals surface area contributed by atoms with Gasteiger partial charge in [0.25, 0.3) is 11.9 Å². The molecule has 0 spiro atoms. The van der Waals surface area contributed by atoms with Gasteiger partial charge in [-0.2, -0.15) is 26.3 Å². The van der Waals surface area contributed by atoms with E-state index < -0.39 is 36.3 Å². The van der Waals surface area contributed by atoms with Gasteiger partial charge >= 0.3 is 12.1 Å². The summed E-state index contributed by atoms with van der Waals surface area (Å²) in [6, 6.07) is 0. The molecule has 0 rings (SSSR count). The number of esters is 1. The first-order valence-corrected chi connectivity index (χ1v) is 3.62. The number of hydrogen-bond donors (Lipinski definition) is 0. The molecule has 0 saturated heterocycles. The highest BCUT2D eigenvalue weighted by Gasteiger charge is 2.46. The van der Waals surface area contributed by atoms with Crippen LogP contribution >= 0.6 is 0 Å². The van der Waals surface area contributed by atoms with E-state index in [0.29, 0.717) is 0 Å². The Bertz CT molecular complexity index is 300. The topological polar surface area (TPSA) is 26.3 Å². The molecule has 2 nitrogen and oxygen atoms in total. The lowest BCUT2D eigenvalue weighted by Gasteiger charge is -2.18. The molecule has 1 unspecified atom stereocenters. The molecule has 0 aliphatic rings. The average molecular weight is 254 g/mol.